The lowest BCUT2D eigenvalue weighted by molar-refractivity contribution is -0.401. The normalized spacial score (nSPS) is 28.2. The maximum Gasteiger partial charge on any atom is 0.252 e. The molecule has 39 N–H and O–H groups in total. The van der Waals surface area contributed by atoms with E-state index < -0.39 is 265 Å². The predicted molar refractivity (Wildman–Crippen MR) is 418 cm³/mol. The summed E-state index contributed by atoms with van der Waals surface area (Å²) in [4.78, 5) is 61.4. The predicted octanol–water partition coefficient (Wildman–Crippen LogP) is -23.1. The van der Waals surface area contributed by atoms with Crippen LogP contribution in [-0.2, 0) is 47.6 Å². The second-order valence-corrected chi connectivity index (χ2v) is 30.7. The molecular weight excluding hydrogens is 1660 g/mol. The van der Waals surface area contributed by atoms with Crippen molar-refractivity contribution in [2.24, 2.45) is 5.73 Å². The zero-order valence-corrected chi connectivity index (χ0v) is 69.3. The maximum absolute atomic E-state index is 13.8. The highest BCUT2D eigenvalue weighted by atomic mass is 16.8. The van der Waals surface area contributed by atoms with Gasteiger partial charge in [0.05, 0.1) is 46.2 Å². The van der Waals surface area contributed by atoms with Gasteiger partial charge in [-0.3, -0.25) is 33.9 Å². The van der Waals surface area contributed by atoms with Crippen molar-refractivity contribution in [1.82, 2.24) is 56.8 Å². The van der Waals surface area contributed by atoms with Gasteiger partial charge in [-0.15, -0.1) is 0 Å². The summed E-state index contributed by atoms with van der Waals surface area (Å²) in [5.74, 6) is -8.45. The van der Waals surface area contributed by atoms with E-state index in [0.29, 0.717) is 52.4 Å². The smallest absolute Gasteiger partial charge is 0.252 e. The van der Waals surface area contributed by atoms with Crippen molar-refractivity contribution >= 4 is 23.6 Å². The van der Waals surface area contributed by atoms with E-state index in [1.165, 1.54) is 0 Å². The quantitative estimate of drug-likeness (QED) is 0.0199. The molecule has 3 saturated heterocycles. The molecule has 32 atom stereocenters. The molecule has 0 bridgehead atoms. The Hall–Kier alpha value is -3.88. The van der Waals surface area contributed by atoms with Crippen LogP contribution in [0.5, 0.6) is 0 Å². The summed E-state index contributed by atoms with van der Waals surface area (Å²) in [6, 6.07) is 0. The number of ether oxygens (including phenoxy) is 6. The Balaban J connectivity index is 1.88. The first kappa shape index (κ1) is 113. The van der Waals surface area contributed by atoms with E-state index in [-0.39, 0.29) is 104 Å². The zero-order chi connectivity index (χ0) is 92.8. The van der Waals surface area contributed by atoms with Crippen LogP contribution in [0.1, 0.15) is 40.0 Å². The van der Waals surface area contributed by atoms with E-state index in [4.69, 9.17) is 34.2 Å². The van der Waals surface area contributed by atoms with Gasteiger partial charge in [0, 0.05) is 143 Å². The number of carbonyl (C=O) groups excluding carboxylic acids is 4. The standard InChI is InChI=1S/C71H142N12O40/c1-4-8-73-11-20-82(21-14-75-13-19-80(23-15-77-63(113)53(105)47(99)43(95)36(91)29-84)17-6-70(3,5-2)79-66(116)55(107)52(104)61(38(93)31-86)122-68-57(109)49(101)45(97)40(33-88)119-68)26-28-83(22-12-74-9-10-76-64(114)54(106)51(103)60(37(92)30-85)121-67-56(108)48(100)44(96)39(32-87)118-67)27-25-81(18-7-72)24-16-78-65(115)59(111)62(112)71(117,42(94)35-90)123-69-58(110)50(102)46(98)41(34-89)120-69/h36-62,67-69,73-75,84-112,117H,4-35,72H2,1-3H3,(H,76,114)(H,77,113)(H,78,115)(H,79,116). The van der Waals surface area contributed by atoms with Crippen LogP contribution >= 0.6 is 0 Å². The van der Waals surface area contributed by atoms with Crippen molar-refractivity contribution in [3.63, 3.8) is 0 Å². The minimum Gasteiger partial charge on any atom is -0.394 e. The molecule has 3 aliphatic heterocycles. The van der Waals surface area contributed by atoms with Gasteiger partial charge in [-0.2, -0.15) is 0 Å². The molecule has 3 fully saturated rings. The van der Waals surface area contributed by atoms with E-state index in [1.54, 1.807) is 13.8 Å². The molecular formula is C71H142N12O40. The molecule has 0 spiro atoms. The fourth-order valence-electron chi connectivity index (χ4n) is 13.2. The van der Waals surface area contributed by atoms with E-state index in [9.17, 15) is 172 Å². The second kappa shape index (κ2) is 58.0. The fraction of sp³-hybridized carbons (Fsp3) is 0.944. The topological polar surface area (TPSA) is 854 Å². The van der Waals surface area contributed by atoms with Gasteiger partial charge in [0.2, 0.25) is 5.79 Å². The highest BCUT2D eigenvalue weighted by molar-refractivity contribution is 5.83. The molecule has 3 heterocycles. The van der Waals surface area contributed by atoms with E-state index >= 15 is 0 Å². The second-order valence-electron chi connectivity index (χ2n) is 30.7. The van der Waals surface area contributed by atoms with Crippen molar-refractivity contribution in [3.8, 4) is 0 Å². The Kier molecular flexibility index (Phi) is 53.4. The largest absolute Gasteiger partial charge is 0.394 e. The SMILES string of the molecule is CCCNCCN(CCNCCN(CCNC(=O)C(O)C(O)C(O)C(O)CO)CCC(C)(CC)NC(=O)C(O)C(O)C(OC1OC(CO)C(O)C(O)C1O)C(O)CO)CCN(CCNCCNC(=O)C(O)C(O)C(OC1OC(CO)C(O)C(O)C1O)C(O)CO)CCN(CCN)CCNC(=O)C(O)C(O)C(O)(OC1OC(CO)C(O)C(O)C1O)C(O)CO. The van der Waals surface area contributed by atoms with Gasteiger partial charge in [0.15, 0.2) is 43.3 Å². The number of aliphatic hydroxyl groups excluding tert-OH is 29. The van der Waals surface area contributed by atoms with Crippen LogP contribution < -0.4 is 43.0 Å². The first-order valence-electron chi connectivity index (χ1n) is 40.9. The first-order valence-corrected chi connectivity index (χ1v) is 40.9. The minimum atomic E-state index is -3.53. The molecule has 0 aromatic carbocycles. The van der Waals surface area contributed by atoms with Crippen LogP contribution in [0.3, 0.4) is 0 Å². The number of hydrogen-bond acceptors (Lipinski definition) is 48. The Morgan fingerprint density at radius 1 is 0.390 bits per heavy atom. The Bertz CT molecular complexity index is 2890. The third-order valence-corrected chi connectivity index (χ3v) is 21.6. The van der Waals surface area contributed by atoms with Gasteiger partial charge in [-0.05, 0) is 32.7 Å². The van der Waals surface area contributed by atoms with Crippen molar-refractivity contribution < 1.29 is 201 Å². The molecule has 4 amide bonds. The van der Waals surface area contributed by atoms with Crippen LogP contribution in [0.15, 0.2) is 0 Å². The van der Waals surface area contributed by atoms with Gasteiger partial charge < -0.3 is 229 Å². The van der Waals surface area contributed by atoms with Crippen molar-refractivity contribution in [1.29, 1.82) is 0 Å². The lowest BCUT2D eigenvalue weighted by Crippen LogP contribution is -2.67. The van der Waals surface area contributed by atoms with Gasteiger partial charge in [-0.25, -0.2) is 0 Å². The summed E-state index contributed by atoms with van der Waals surface area (Å²) in [7, 11) is 0. The van der Waals surface area contributed by atoms with Gasteiger partial charge in [0.1, 0.15) is 140 Å². The van der Waals surface area contributed by atoms with Gasteiger partial charge >= 0.3 is 0 Å². The number of aliphatic hydroxyl groups is 30. The number of nitrogens with two attached hydrogens (primary N) is 1. The van der Waals surface area contributed by atoms with Crippen molar-refractivity contribution in [3.05, 3.63) is 0 Å². The lowest BCUT2D eigenvalue weighted by atomic mass is 9.92. The summed E-state index contributed by atoms with van der Waals surface area (Å²) in [5.41, 5.74) is 4.82. The van der Waals surface area contributed by atoms with Crippen LogP contribution in [-0.4, -0.2) is 582 Å². The first-order chi connectivity index (χ1) is 58.1. The summed E-state index contributed by atoms with van der Waals surface area (Å²) in [6.07, 6.45) is -62.0. The van der Waals surface area contributed by atoms with E-state index in [1.807, 2.05) is 21.6 Å². The van der Waals surface area contributed by atoms with Crippen LogP contribution in [0.25, 0.3) is 0 Å². The molecule has 3 aliphatic rings. The molecule has 123 heavy (non-hydrogen) atoms. The Labute approximate surface area is 710 Å². The average molecular weight is 1800 g/mol. The fourth-order valence-corrected chi connectivity index (χ4v) is 13.2. The number of amides is 4. The molecule has 0 aliphatic carbocycles. The number of carbonyl (C=O) groups is 4. The van der Waals surface area contributed by atoms with Crippen LogP contribution in [0.2, 0.25) is 0 Å². The summed E-state index contributed by atoms with van der Waals surface area (Å²) >= 11 is 0. The molecule has 52 heteroatoms. The number of nitrogens with one attached hydrogen (secondary N) is 7. The molecule has 0 radical (unpaired) electrons. The van der Waals surface area contributed by atoms with Crippen LogP contribution in [0, 0.1) is 0 Å². The highest BCUT2D eigenvalue weighted by Gasteiger charge is 2.56. The number of rotatable bonds is 65. The van der Waals surface area contributed by atoms with Gasteiger partial charge in [0.25, 0.3) is 23.6 Å². The van der Waals surface area contributed by atoms with Gasteiger partial charge in [-0.1, -0.05) is 13.8 Å². The molecule has 0 saturated carbocycles. The summed E-state index contributed by atoms with van der Waals surface area (Å²) in [6.45, 7) is 2.44. The zero-order valence-electron chi connectivity index (χ0n) is 69.3. The monoisotopic (exact) mass is 1800 g/mol. The van der Waals surface area contributed by atoms with E-state index in [0.717, 1.165) is 6.42 Å². The minimum absolute atomic E-state index is 0.0155. The lowest BCUT2D eigenvalue weighted by Gasteiger charge is -2.45. The Morgan fingerprint density at radius 2 is 0.740 bits per heavy atom. The molecule has 52 nitrogen and oxygen atoms in total. The molecule has 0 aromatic rings. The maximum atomic E-state index is 13.8. The molecule has 726 valence electrons. The summed E-state index contributed by atoms with van der Waals surface area (Å²) in [5, 5.41) is 332. The van der Waals surface area contributed by atoms with Crippen molar-refractivity contribution in [2.45, 2.75) is 235 Å². The number of nitrogens with zero attached hydrogens (tertiary/aromatic N) is 4. The molecule has 0 aromatic heterocycles. The highest BCUT2D eigenvalue weighted by Crippen LogP contribution is 2.32. The van der Waals surface area contributed by atoms with E-state index in [2.05, 4.69) is 42.1 Å². The third kappa shape index (κ3) is 35.1. The molecule has 3 rings (SSSR count). The average Bonchev–Trinajstić information content (AvgIpc) is 0.785. The Morgan fingerprint density at radius 3 is 1.14 bits per heavy atom. The number of hydrogen-bond donors (Lipinski definition) is 38. The summed E-state index contributed by atoms with van der Waals surface area (Å²) < 4.78 is 31.8. The van der Waals surface area contributed by atoms with Crippen LogP contribution in [0.4, 0.5) is 0 Å². The third-order valence-electron chi connectivity index (χ3n) is 21.6. The molecule has 32 unspecified atom stereocenters. The van der Waals surface area contributed by atoms with Crippen molar-refractivity contribution in [2.75, 3.05) is 190 Å².